The molecule has 0 saturated heterocycles. The quantitative estimate of drug-likeness (QED) is 0.0589. The molecule has 66 heavy (non-hydrogen) atoms. The standard InChI is InChI=1S/C34H46O4.C26H32O2/c1-6-34(7-2,29-16-15-28(26(4)24-29)19-22-33(36)20-11-12-21-33)30-17-18-31(27(5)25-30)38-23-13-9-10-14-32(35)37-8-3;1-5-26(6-2,23-11-12-24(27)20(4)18-23)22-10-9-21(19(3)17-22)13-16-25(28)14-7-8-15-25/h15-18,24-25,36H,6-14,20-21,23H2,1-5H3;9-12,17-18,27-28H,5-8,14-15H2,1-4H3. The normalized spacial score (nSPS) is 15.1. The van der Waals surface area contributed by atoms with E-state index in [1.54, 1.807) is 6.07 Å². The van der Waals surface area contributed by atoms with Crippen LogP contribution in [0, 0.1) is 51.4 Å². The summed E-state index contributed by atoms with van der Waals surface area (Å²) in [5.41, 5.74) is 9.70. The van der Waals surface area contributed by atoms with Crippen molar-refractivity contribution in [3.63, 3.8) is 0 Å². The summed E-state index contributed by atoms with van der Waals surface area (Å²) in [6.45, 7) is 20.2. The van der Waals surface area contributed by atoms with Crippen LogP contribution in [0.5, 0.6) is 11.5 Å². The van der Waals surface area contributed by atoms with E-state index >= 15 is 0 Å². The highest BCUT2D eigenvalue weighted by Crippen LogP contribution is 2.42. The number of phenolic OH excluding ortho intramolecular Hbond substituents is 1. The van der Waals surface area contributed by atoms with E-state index < -0.39 is 11.2 Å². The third-order valence-corrected chi connectivity index (χ3v) is 14.8. The predicted molar refractivity (Wildman–Crippen MR) is 270 cm³/mol. The molecule has 2 saturated carbocycles. The second kappa shape index (κ2) is 23.6. The lowest BCUT2D eigenvalue weighted by Gasteiger charge is -2.34. The Kier molecular flexibility index (Phi) is 18.6. The fourth-order valence-corrected chi connectivity index (χ4v) is 10.2. The maximum atomic E-state index is 11.5. The van der Waals surface area contributed by atoms with Gasteiger partial charge in [0.2, 0.25) is 0 Å². The summed E-state index contributed by atoms with van der Waals surface area (Å²) in [5.74, 6) is 13.9. The average molecular weight is 895 g/mol. The van der Waals surface area contributed by atoms with Crippen molar-refractivity contribution in [1.82, 2.24) is 0 Å². The van der Waals surface area contributed by atoms with Gasteiger partial charge in [-0.05, 0) is 200 Å². The molecule has 0 heterocycles. The van der Waals surface area contributed by atoms with Gasteiger partial charge in [-0.2, -0.15) is 0 Å². The van der Waals surface area contributed by atoms with Crippen molar-refractivity contribution in [2.75, 3.05) is 13.2 Å². The number of rotatable bonds is 16. The summed E-state index contributed by atoms with van der Waals surface area (Å²) in [6.07, 6.45) is 14.5. The molecule has 0 spiro atoms. The predicted octanol–water partition coefficient (Wildman–Crippen LogP) is 13.3. The van der Waals surface area contributed by atoms with Crippen LogP contribution in [0.25, 0.3) is 0 Å². The summed E-state index contributed by atoms with van der Waals surface area (Å²) in [5, 5.41) is 31.1. The zero-order valence-corrected chi connectivity index (χ0v) is 41.7. The number of aliphatic hydroxyl groups is 2. The van der Waals surface area contributed by atoms with E-state index in [1.807, 2.05) is 19.9 Å². The molecule has 4 aromatic carbocycles. The Morgan fingerprint density at radius 3 is 1.41 bits per heavy atom. The molecule has 3 N–H and O–H groups in total. The number of ether oxygens (including phenoxy) is 2. The molecular weight excluding hydrogens is 817 g/mol. The van der Waals surface area contributed by atoms with Crippen LogP contribution in [0.15, 0.2) is 72.8 Å². The molecule has 0 bridgehead atoms. The Morgan fingerprint density at radius 2 is 1.00 bits per heavy atom. The second-order valence-electron chi connectivity index (χ2n) is 19.1. The molecule has 354 valence electrons. The summed E-state index contributed by atoms with van der Waals surface area (Å²) in [7, 11) is 0. The van der Waals surface area contributed by atoms with Gasteiger partial charge >= 0.3 is 5.97 Å². The highest BCUT2D eigenvalue weighted by atomic mass is 16.5. The maximum absolute atomic E-state index is 11.5. The van der Waals surface area contributed by atoms with Crippen molar-refractivity contribution in [3.05, 3.63) is 128 Å². The molecule has 0 atom stereocenters. The van der Waals surface area contributed by atoms with E-state index in [2.05, 4.69) is 133 Å². The Morgan fingerprint density at radius 1 is 0.576 bits per heavy atom. The number of unbranched alkanes of at least 4 members (excludes halogenated alkanes) is 2. The zero-order valence-electron chi connectivity index (χ0n) is 41.7. The molecule has 0 aromatic heterocycles. The first-order valence-corrected chi connectivity index (χ1v) is 25.0. The SMILES string of the molecule is CCC(CC)(c1ccc(O)c(C)c1)c1ccc(C#CC2(O)CCCC2)c(C)c1.CCOC(=O)CCCCCOc1ccc(C(CC)(CC)c2ccc(C#CC3(O)CCCC3)c(C)c2)cc1C. The van der Waals surface area contributed by atoms with Gasteiger partial charge in [0.1, 0.15) is 22.7 Å². The minimum atomic E-state index is -0.814. The van der Waals surface area contributed by atoms with Crippen molar-refractivity contribution in [1.29, 1.82) is 0 Å². The Bertz CT molecular complexity index is 2360. The summed E-state index contributed by atoms with van der Waals surface area (Å²) in [4.78, 5) is 11.5. The lowest BCUT2D eigenvalue weighted by Crippen LogP contribution is -2.26. The molecule has 0 radical (unpaired) electrons. The van der Waals surface area contributed by atoms with Gasteiger partial charge in [0.15, 0.2) is 0 Å². The highest BCUT2D eigenvalue weighted by Gasteiger charge is 2.34. The smallest absolute Gasteiger partial charge is 0.305 e. The largest absolute Gasteiger partial charge is 0.508 e. The third-order valence-electron chi connectivity index (χ3n) is 14.8. The number of phenols is 1. The molecule has 0 amide bonds. The topological polar surface area (TPSA) is 96.2 Å². The van der Waals surface area contributed by atoms with Crippen LogP contribution in [0.1, 0.15) is 193 Å². The van der Waals surface area contributed by atoms with E-state index in [-0.39, 0.29) is 16.8 Å². The van der Waals surface area contributed by atoms with Crippen LogP contribution in [0.4, 0.5) is 0 Å². The van der Waals surface area contributed by atoms with Crippen molar-refractivity contribution < 1.29 is 29.6 Å². The minimum absolute atomic E-state index is 0.0845. The van der Waals surface area contributed by atoms with Gasteiger partial charge in [0.25, 0.3) is 0 Å². The van der Waals surface area contributed by atoms with Crippen molar-refractivity contribution in [2.24, 2.45) is 0 Å². The Hall–Kier alpha value is -5.01. The lowest BCUT2D eigenvalue weighted by atomic mass is 9.70. The lowest BCUT2D eigenvalue weighted by molar-refractivity contribution is -0.143. The number of hydrogen-bond acceptors (Lipinski definition) is 6. The first-order chi connectivity index (χ1) is 31.6. The molecule has 6 heteroatoms. The Balaban J connectivity index is 0.000000259. The third kappa shape index (κ3) is 12.7. The van der Waals surface area contributed by atoms with Crippen LogP contribution in [0.2, 0.25) is 0 Å². The number of benzene rings is 4. The van der Waals surface area contributed by atoms with Crippen LogP contribution in [-0.2, 0) is 20.4 Å². The number of carbonyl (C=O) groups is 1. The summed E-state index contributed by atoms with van der Waals surface area (Å²) < 4.78 is 11.1. The maximum Gasteiger partial charge on any atom is 0.305 e. The second-order valence-corrected chi connectivity index (χ2v) is 19.1. The Labute approximate surface area is 398 Å². The van der Waals surface area contributed by atoms with Gasteiger partial charge in [-0.3, -0.25) is 4.79 Å². The first kappa shape index (κ1) is 52.0. The monoisotopic (exact) mass is 895 g/mol. The van der Waals surface area contributed by atoms with Gasteiger partial charge in [-0.15, -0.1) is 0 Å². The van der Waals surface area contributed by atoms with Gasteiger partial charge < -0.3 is 24.8 Å². The molecule has 2 fully saturated rings. The van der Waals surface area contributed by atoms with Crippen molar-refractivity contribution in [3.8, 4) is 35.2 Å². The molecule has 6 nitrogen and oxygen atoms in total. The molecule has 4 aromatic rings. The molecule has 6 rings (SSSR count). The molecular formula is C60H78O6. The van der Waals surface area contributed by atoms with Crippen LogP contribution in [-0.4, -0.2) is 45.7 Å². The van der Waals surface area contributed by atoms with Gasteiger partial charge in [-0.1, -0.05) is 99.9 Å². The van der Waals surface area contributed by atoms with Gasteiger partial charge in [-0.25, -0.2) is 0 Å². The molecule has 2 aliphatic rings. The van der Waals surface area contributed by atoms with E-state index in [4.69, 9.17) is 9.47 Å². The number of aromatic hydroxyl groups is 1. The van der Waals surface area contributed by atoms with Crippen molar-refractivity contribution in [2.45, 2.75) is 187 Å². The number of carbonyl (C=O) groups excluding carboxylic acids is 1. The van der Waals surface area contributed by atoms with E-state index in [9.17, 15) is 20.1 Å². The molecule has 0 unspecified atom stereocenters. The fourth-order valence-electron chi connectivity index (χ4n) is 10.2. The van der Waals surface area contributed by atoms with E-state index in [0.717, 1.165) is 135 Å². The van der Waals surface area contributed by atoms with Crippen LogP contribution in [0.3, 0.4) is 0 Å². The molecule has 0 aliphatic heterocycles. The van der Waals surface area contributed by atoms with Crippen LogP contribution < -0.4 is 4.74 Å². The fraction of sp³-hybridized carbons (Fsp3) is 0.517. The van der Waals surface area contributed by atoms with E-state index in [0.29, 0.717) is 25.4 Å². The van der Waals surface area contributed by atoms with Gasteiger partial charge in [0.05, 0.1) is 13.2 Å². The summed E-state index contributed by atoms with van der Waals surface area (Å²) in [6, 6.07) is 25.7. The number of esters is 1. The zero-order chi connectivity index (χ0) is 48.0. The average Bonchev–Trinajstić information content (AvgIpc) is 3.95. The van der Waals surface area contributed by atoms with E-state index in [1.165, 1.54) is 22.3 Å². The van der Waals surface area contributed by atoms with Crippen LogP contribution >= 0.6 is 0 Å². The van der Waals surface area contributed by atoms with Crippen molar-refractivity contribution >= 4 is 5.97 Å². The number of hydrogen-bond donors (Lipinski definition) is 3. The number of aryl methyl sites for hydroxylation is 4. The molecule has 2 aliphatic carbocycles. The first-order valence-electron chi connectivity index (χ1n) is 25.0. The van der Waals surface area contributed by atoms with Gasteiger partial charge in [0, 0.05) is 28.4 Å². The highest BCUT2D eigenvalue weighted by molar-refractivity contribution is 5.69. The summed E-state index contributed by atoms with van der Waals surface area (Å²) >= 11 is 0. The minimum Gasteiger partial charge on any atom is -0.508 e.